The highest BCUT2D eigenvalue weighted by atomic mass is 32.2. The van der Waals surface area contributed by atoms with Gasteiger partial charge < -0.3 is 16.8 Å². The fourth-order valence-corrected chi connectivity index (χ4v) is 3.35. The van der Waals surface area contributed by atoms with Crippen molar-refractivity contribution in [3.8, 4) is 0 Å². The number of nitrogens with two attached hydrogens (primary N) is 2. The zero-order chi connectivity index (χ0) is 15.2. The number of rotatable bonds is 6. The van der Waals surface area contributed by atoms with Gasteiger partial charge in [-0.3, -0.25) is 9.59 Å². The van der Waals surface area contributed by atoms with Crippen molar-refractivity contribution < 1.29 is 9.59 Å². The predicted octanol–water partition coefficient (Wildman–Crippen LogP) is 1.72. The molecule has 114 valence electrons. The molecule has 0 spiro atoms. The van der Waals surface area contributed by atoms with Crippen molar-refractivity contribution >= 4 is 29.3 Å². The minimum Gasteiger partial charge on any atom is -0.369 e. The third-order valence-corrected chi connectivity index (χ3v) is 4.79. The average Bonchev–Trinajstić information content (AvgIpc) is 2.83. The number of benzene rings is 1. The molecule has 21 heavy (non-hydrogen) atoms. The summed E-state index contributed by atoms with van der Waals surface area (Å²) in [6, 6.07) is 7.55. The Labute approximate surface area is 128 Å². The van der Waals surface area contributed by atoms with Crippen molar-refractivity contribution in [2.24, 2.45) is 17.4 Å². The number of primary amides is 1. The van der Waals surface area contributed by atoms with Gasteiger partial charge in [0, 0.05) is 17.4 Å². The predicted molar refractivity (Wildman–Crippen MR) is 84.9 cm³/mol. The number of para-hydroxylation sites is 1. The van der Waals surface area contributed by atoms with Crippen LogP contribution in [0.4, 0.5) is 5.69 Å². The molecule has 1 aliphatic rings. The van der Waals surface area contributed by atoms with Crippen molar-refractivity contribution in [3.63, 3.8) is 0 Å². The SMILES string of the molecule is NC(=O)CSc1ccccc1NC(=O)C[C@@H]1CCC[C@H]1N. The van der Waals surface area contributed by atoms with Gasteiger partial charge in [-0.2, -0.15) is 0 Å². The third-order valence-electron chi connectivity index (χ3n) is 3.70. The molecule has 0 unspecified atom stereocenters. The molecule has 1 aromatic carbocycles. The van der Waals surface area contributed by atoms with E-state index in [0.717, 1.165) is 29.8 Å². The van der Waals surface area contributed by atoms with Gasteiger partial charge in [-0.05, 0) is 30.9 Å². The number of hydrogen-bond donors (Lipinski definition) is 3. The Morgan fingerprint density at radius 1 is 1.29 bits per heavy atom. The Balaban J connectivity index is 1.95. The first kappa shape index (κ1) is 15.9. The molecule has 5 nitrogen and oxygen atoms in total. The van der Waals surface area contributed by atoms with Crippen molar-refractivity contribution in [1.29, 1.82) is 0 Å². The Kier molecular flexibility index (Phi) is 5.64. The van der Waals surface area contributed by atoms with Crippen LogP contribution in [0.5, 0.6) is 0 Å². The molecule has 0 radical (unpaired) electrons. The van der Waals surface area contributed by atoms with Gasteiger partial charge in [0.05, 0.1) is 11.4 Å². The molecule has 0 aromatic heterocycles. The lowest BCUT2D eigenvalue weighted by Crippen LogP contribution is -2.28. The molecule has 1 saturated carbocycles. The van der Waals surface area contributed by atoms with Crippen molar-refractivity contribution in [2.45, 2.75) is 36.6 Å². The normalized spacial score (nSPS) is 21.2. The first-order chi connectivity index (χ1) is 10.1. The summed E-state index contributed by atoms with van der Waals surface area (Å²) < 4.78 is 0. The van der Waals surface area contributed by atoms with E-state index in [4.69, 9.17) is 11.5 Å². The maximum atomic E-state index is 12.1. The van der Waals surface area contributed by atoms with Crippen LogP contribution < -0.4 is 16.8 Å². The van der Waals surface area contributed by atoms with Crippen LogP contribution in [0.25, 0.3) is 0 Å². The van der Waals surface area contributed by atoms with Crippen LogP contribution in [-0.4, -0.2) is 23.6 Å². The van der Waals surface area contributed by atoms with Crippen molar-refractivity contribution in [1.82, 2.24) is 0 Å². The second-order valence-electron chi connectivity index (χ2n) is 5.36. The fraction of sp³-hybridized carbons (Fsp3) is 0.467. The summed E-state index contributed by atoms with van der Waals surface area (Å²) >= 11 is 1.33. The fourth-order valence-electron chi connectivity index (χ4n) is 2.60. The summed E-state index contributed by atoms with van der Waals surface area (Å²) in [5, 5.41) is 2.91. The molecule has 0 saturated heterocycles. The van der Waals surface area contributed by atoms with Crippen molar-refractivity contribution in [3.05, 3.63) is 24.3 Å². The number of amides is 2. The smallest absolute Gasteiger partial charge is 0.227 e. The van der Waals surface area contributed by atoms with E-state index in [1.807, 2.05) is 24.3 Å². The van der Waals surface area contributed by atoms with Gasteiger partial charge in [-0.1, -0.05) is 18.6 Å². The van der Waals surface area contributed by atoms with E-state index < -0.39 is 0 Å². The highest BCUT2D eigenvalue weighted by Crippen LogP contribution is 2.29. The van der Waals surface area contributed by atoms with Crippen LogP contribution in [0.3, 0.4) is 0 Å². The average molecular weight is 307 g/mol. The molecule has 2 rings (SSSR count). The molecule has 6 heteroatoms. The Morgan fingerprint density at radius 3 is 2.71 bits per heavy atom. The zero-order valence-electron chi connectivity index (χ0n) is 11.9. The lowest BCUT2D eigenvalue weighted by atomic mass is 10.00. The van der Waals surface area contributed by atoms with Crippen molar-refractivity contribution in [2.75, 3.05) is 11.1 Å². The van der Waals surface area contributed by atoms with E-state index in [9.17, 15) is 9.59 Å². The molecule has 0 aliphatic heterocycles. The summed E-state index contributed by atoms with van der Waals surface area (Å²) in [7, 11) is 0. The number of hydrogen-bond acceptors (Lipinski definition) is 4. The lowest BCUT2D eigenvalue weighted by molar-refractivity contribution is -0.117. The number of carbonyl (C=O) groups excluding carboxylic acids is 2. The first-order valence-electron chi connectivity index (χ1n) is 7.12. The molecule has 1 aliphatic carbocycles. The molecule has 2 amide bonds. The second kappa shape index (κ2) is 7.47. The van der Waals surface area contributed by atoms with E-state index >= 15 is 0 Å². The van der Waals surface area contributed by atoms with E-state index in [-0.39, 0.29) is 29.5 Å². The third kappa shape index (κ3) is 4.75. The Bertz CT molecular complexity index is 521. The minimum absolute atomic E-state index is 0.0236. The van der Waals surface area contributed by atoms with Crippen LogP contribution in [0.15, 0.2) is 29.2 Å². The molecule has 1 aromatic rings. The molecule has 1 fully saturated rings. The molecule has 5 N–H and O–H groups in total. The molecular weight excluding hydrogens is 286 g/mol. The number of anilines is 1. The van der Waals surface area contributed by atoms with Gasteiger partial charge in [0.15, 0.2) is 0 Å². The van der Waals surface area contributed by atoms with Gasteiger partial charge in [-0.25, -0.2) is 0 Å². The van der Waals surface area contributed by atoms with Crippen LogP contribution in [0.1, 0.15) is 25.7 Å². The number of carbonyl (C=O) groups is 2. The minimum atomic E-state index is -0.377. The highest BCUT2D eigenvalue weighted by molar-refractivity contribution is 8.00. The topological polar surface area (TPSA) is 98.2 Å². The largest absolute Gasteiger partial charge is 0.369 e. The second-order valence-corrected chi connectivity index (χ2v) is 6.38. The lowest BCUT2D eigenvalue weighted by Gasteiger charge is -2.16. The van der Waals surface area contributed by atoms with E-state index in [1.54, 1.807) is 0 Å². The Hall–Kier alpha value is -1.53. The quantitative estimate of drug-likeness (QED) is 0.697. The van der Waals surface area contributed by atoms with E-state index in [2.05, 4.69) is 5.32 Å². The van der Waals surface area contributed by atoms with Gasteiger partial charge >= 0.3 is 0 Å². The summed E-state index contributed by atoms with van der Waals surface area (Å²) in [5.41, 5.74) is 11.9. The van der Waals surface area contributed by atoms with Crippen LogP contribution >= 0.6 is 11.8 Å². The monoisotopic (exact) mass is 307 g/mol. The molecule has 0 heterocycles. The van der Waals surface area contributed by atoms with Crippen LogP contribution in [0, 0.1) is 5.92 Å². The van der Waals surface area contributed by atoms with Crippen LogP contribution in [0.2, 0.25) is 0 Å². The highest BCUT2D eigenvalue weighted by Gasteiger charge is 2.26. The first-order valence-corrected chi connectivity index (χ1v) is 8.10. The van der Waals surface area contributed by atoms with Gasteiger partial charge in [0.2, 0.25) is 11.8 Å². The number of thioether (sulfide) groups is 1. The van der Waals surface area contributed by atoms with Gasteiger partial charge in [0.1, 0.15) is 0 Å². The standard InChI is InChI=1S/C15H21N3O2S/c16-11-5-3-4-10(11)8-15(20)18-12-6-1-2-7-13(12)21-9-14(17)19/h1-2,6-7,10-11H,3-5,8-9,16H2,(H2,17,19)(H,18,20)/t10-,11+/m0/s1. The maximum absolute atomic E-state index is 12.1. The summed E-state index contributed by atoms with van der Waals surface area (Å²) in [6.45, 7) is 0. The number of nitrogens with one attached hydrogen (secondary N) is 1. The molecule has 0 bridgehead atoms. The zero-order valence-corrected chi connectivity index (χ0v) is 12.7. The summed E-state index contributed by atoms with van der Waals surface area (Å²) in [4.78, 5) is 23.9. The summed E-state index contributed by atoms with van der Waals surface area (Å²) in [5.74, 6) is 0.0679. The van der Waals surface area contributed by atoms with E-state index in [0.29, 0.717) is 6.42 Å². The molecular formula is C15H21N3O2S. The van der Waals surface area contributed by atoms with E-state index in [1.165, 1.54) is 11.8 Å². The van der Waals surface area contributed by atoms with Gasteiger partial charge in [0.25, 0.3) is 0 Å². The van der Waals surface area contributed by atoms with Crippen LogP contribution in [-0.2, 0) is 9.59 Å². The van der Waals surface area contributed by atoms with Gasteiger partial charge in [-0.15, -0.1) is 11.8 Å². The summed E-state index contributed by atoms with van der Waals surface area (Å²) in [6.07, 6.45) is 3.58. The molecule has 2 atom stereocenters. The maximum Gasteiger partial charge on any atom is 0.227 e. The Morgan fingerprint density at radius 2 is 2.05 bits per heavy atom.